The third kappa shape index (κ3) is 4.65. The zero-order chi connectivity index (χ0) is 21.0. The highest BCUT2D eigenvalue weighted by Crippen LogP contribution is 2.25. The fraction of sp³-hybridized carbons (Fsp3) is 0.304. The summed E-state index contributed by atoms with van der Waals surface area (Å²) in [6.45, 7) is 4.06. The number of amides is 1. The third-order valence-corrected chi connectivity index (χ3v) is 5.12. The molecule has 0 aliphatic heterocycles. The number of pyridine rings is 1. The summed E-state index contributed by atoms with van der Waals surface area (Å²) in [6.07, 6.45) is 0.730. The number of benzene rings is 2. The Bertz CT molecular complexity index is 1090. The van der Waals surface area contributed by atoms with Crippen LogP contribution in [-0.4, -0.2) is 24.5 Å². The Morgan fingerprint density at radius 2 is 1.97 bits per heavy atom. The van der Waals surface area contributed by atoms with Crippen LogP contribution in [0.1, 0.15) is 23.6 Å². The number of ether oxygens (including phenoxy) is 1. The molecule has 1 amide bonds. The summed E-state index contributed by atoms with van der Waals surface area (Å²) in [5, 5.41) is 3.76. The summed E-state index contributed by atoms with van der Waals surface area (Å²) < 4.78 is 19.1. The fourth-order valence-corrected chi connectivity index (χ4v) is 3.39. The SMILES string of the molecule is COc1ccc(C)c2cc(CCNC(=O)C(C)Cc3ccccc3F)c(=O)[nH]c12. The highest BCUT2D eigenvalue weighted by atomic mass is 19.1. The highest BCUT2D eigenvalue weighted by Gasteiger charge is 2.15. The van der Waals surface area contributed by atoms with Crippen molar-refractivity contribution in [2.75, 3.05) is 13.7 Å². The van der Waals surface area contributed by atoms with E-state index in [1.54, 1.807) is 32.2 Å². The first-order chi connectivity index (χ1) is 13.9. The third-order valence-electron chi connectivity index (χ3n) is 5.12. The van der Waals surface area contributed by atoms with Gasteiger partial charge >= 0.3 is 0 Å². The Kier molecular flexibility index (Phi) is 6.32. The van der Waals surface area contributed by atoms with E-state index in [0.29, 0.717) is 41.8 Å². The lowest BCUT2D eigenvalue weighted by Gasteiger charge is -2.13. The molecule has 3 rings (SSSR count). The maximum absolute atomic E-state index is 13.8. The molecule has 0 aliphatic carbocycles. The normalized spacial score (nSPS) is 12.0. The fourth-order valence-electron chi connectivity index (χ4n) is 3.39. The molecule has 3 aromatic rings. The molecule has 1 atom stereocenters. The molecular weight excluding hydrogens is 371 g/mol. The van der Waals surface area contributed by atoms with E-state index in [1.807, 2.05) is 25.1 Å². The number of aromatic amines is 1. The average Bonchev–Trinajstić information content (AvgIpc) is 2.70. The molecule has 0 bridgehead atoms. The van der Waals surface area contributed by atoms with Crippen LogP contribution in [-0.2, 0) is 17.6 Å². The van der Waals surface area contributed by atoms with Gasteiger partial charge in [-0.05, 0) is 49.1 Å². The smallest absolute Gasteiger partial charge is 0.251 e. The average molecular weight is 396 g/mol. The van der Waals surface area contributed by atoms with Crippen molar-refractivity contribution in [3.63, 3.8) is 0 Å². The van der Waals surface area contributed by atoms with Crippen LogP contribution in [0.25, 0.3) is 10.9 Å². The summed E-state index contributed by atoms with van der Waals surface area (Å²) in [7, 11) is 1.56. The number of hydrogen-bond donors (Lipinski definition) is 2. The monoisotopic (exact) mass is 396 g/mol. The first kappa shape index (κ1) is 20.6. The number of aromatic nitrogens is 1. The molecule has 5 nitrogen and oxygen atoms in total. The number of H-pyrrole nitrogens is 1. The summed E-state index contributed by atoms with van der Waals surface area (Å²) in [4.78, 5) is 27.7. The van der Waals surface area contributed by atoms with Crippen molar-refractivity contribution < 1.29 is 13.9 Å². The Balaban J connectivity index is 1.65. The van der Waals surface area contributed by atoms with Gasteiger partial charge in [-0.2, -0.15) is 0 Å². The van der Waals surface area contributed by atoms with Crippen molar-refractivity contribution in [2.45, 2.75) is 26.7 Å². The highest BCUT2D eigenvalue weighted by molar-refractivity contribution is 5.87. The van der Waals surface area contributed by atoms with Crippen LogP contribution in [0.5, 0.6) is 5.75 Å². The number of carbonyl (C=O) groups is 1. The van der Waals surface area contributed by atoms with E-state index >= 15 is 0 Å². The van der Waals surface area contributed by atoms with Gasteiger partial charge in [0.2, 0.25) is 5.91 Å². The number of fused-ring (bicyclic) bond motifs is 1. The quantitative estimate of drug-likeness (QED) is 0.642. The van der Waals surface area contributed by atoms with Gasteiger partial charge in [-0.25, -0.2) is 4.39 Å². The van der Waals surface area contributed by atoms with Crippen molar-refractivity contribution in [3.05, 3.63) is 75.3 Å². The molecule has 1 unspecified atom stereocenters. The molecule has 2 N–H and O–H groups in total. The molecular formula is C23H25FN2O3. The molecule has 29 heavy (non-hydrogen) atoms. The lowest BCUT2D eigenvalue weighted by Crippen LogP contribution is -2.32. The van der Waals surface area contributed by atoms with Gasteiger partial charge in [0, 0.05) is 23.4 Å². The van der Waals surface area contributed by atoms with Gasteiger partial charge in [0.1, 0.15) is 11.6 Å². The van der Waals surface area contributed by atoms with Crippen LogP contribution < -0.4 is 15.6 Å². The first-order valence-electron chi connectivity index (χ1n) is 9.61. The van der Waals surface area contributed by atoms with Crippen LogP contribution in [0.3, 0.4) is 0 Å². The lowest BCUT2D eigenvalue weighted by molar-refractivity contribution is -0.124. The molecule has 1 heterocycles. The molecule has 6 heteroatoms. The molecule has 0 spiro atoms. The molecule has 0 aliphatic rings. The second-order valence-corrected chi connectivity index (χ2v) is 7.23. The minimum atomic E-state index is -0.367. The Morgan fingerprint density at radius 3 is 2.69 bits per heavy atom. The molecule has 0 radical (unpaired) electrons. The Labute approximate surface area is 168 Å². The number of hydrogen-bond acceptors (Lipinski definition) is 3. The standard InChI is InChI=1S/C23H25FN2O3/c1-14-8-9-20(29-3)21-18(14)13-17(23(28)26-21)10-11-25-22(27)15(2)12-16-6-4-5-7-19(16)24/h4-9,13,15H,10-12H2,1-3H3,(H,25,27)(H,26,28). The number of nitrogens with one attached hydrogen (secondary N) is 2. The molecule has 0 saturated heterocycles. The van der Waals surface area contributed by atoms with Gasteiger partial charge in [-0.15, -0.1) is 0 Å². The van der Waals surface area contributed by atoms with Crippen molar-refractivity contribution >= 4 is 16.8 Å². The summed E-state index contributed by atoms with van der Waals surface area (Å²) >= 11 is 0. The summed E-state index contributed by atoms with van der Waals surface area (Å²) in [6, 6.07) is 12.1. The predicted octanol–water partition coefficient (Wildman–Crippen LogP) is 3.52. The number of carbonyl (C=O) groups excluding carboxylic acids is 1. The predicted molar refractivity (Wildman–Crippen MR) is 112 cm³/mol. The number of rotatable bonds is 7. The minimum Gasteiger partial charge on any atom is -0.495 e. The summed E-state index contributed by atoms with van der Waals surface area (Å²) in [5.41, 5.74) is 2.61. The number of methoxy groups -OCH3 is 1. The number of aryl methyl sites for hydroxylation is 1. The van der Waals surface area contributed by atoms with E-state index in [1.165, 1.54) is 6.07 Å². The minimum absolute atomic E-state index is 0.164. The van der Waals surface area contributed by atoms with E-state index < -0.39 is 0 Å². The van der Waals surface area contributed by atoms with Crippen LogP contribution >= 0.6 is 0 Å². The lowest BCUT2D eigenvalue weighted by atomic mass is 10.00. The van der Waals surface area contributed by atoms with Crippen molar-refractivity contribution in [1.29, 1.82) is 0 Å². The zero-order valence-corrected chi connectivity index (χ0v) is 16.8. The maximum atomic E-state index is 13.8. The van der Waals surface area contributed by atoms with Crippen molar-refractivity contribution in [1.82, 2.24) is 10.3 Å². The van der Waals surface area contributed by atoms with Gasteiger partial charge in [-0.3, -0.25) is 9.59 Å². The topological polar surface area (TPSA) is 71.2 Å². The van der Waals surface area contributed by atoms with Crippen molar-refractivity contribution in [3.8, 4) is 5.75 Å². The van der Waals surface area contributed by atoms with E-state index in [0.717, 1.165) is 10.9 Å². The molecule has 152 valence electrons. The maximum Gasteiger partial charge on any atom is 0.251 e. The Morgan fingerprint density at radius 1 is 1.21 bits per heavy atom. The van der Waals surface area contributed by atoms with Crippen LogP contribution in [0.2, 0.25) is 0 Å². The van der Waals surface area contributed by atoms with E-state index in [9.17, 15) is 14.0 Å². The molecule has 0 saturated carbocycles. The number of halogens is 1. The van der Waals surface area contributed by atoms with Gasteiger partial charge in [0.05, 0.1) is 12.6 Å². The van der Waals surface area contributed by atoms with Crippen LogP contribution in [0.4, 0.5) is 4.39 Å². The molecule has 0 fully saturated rings. The van der Waals surface area contributed by atoms with E-state index in [2.05, 4.69) is 10.3 Å². The molecule has 1 aromatic heterocycles. The van der Waals surface area contributed by atoms with Gasteiger partial charge in [-0.1, -0.05) is 31.2 Å². The van der Waals surface area contributed by atoms with Gasteiger partial charge in [0.15, 0.2) is 0 Å². The van der Waals surface area contributed by atoms with Crippen LogP contribution in [0.15, 0.2) is 47.3 Å². The zero-order valence-electron chi connectivity index (χ0n) is 16.8. The second kappa shape index (κ2) is 8.90. The Hall–Kier alpha value is -3.15. The second-order valence-electron chi connectivity index (χ2n) is 7.23. The largest absolute Gasteiger partial charge is 0.495 e. The van der Waals surface area contributed by atoms with Gasteiger partial charge in [0.25, 0.3) is 5.56 Å². The van der Waals surface area contributed by atoms with E-state index in [-0.39, 0.29) is 23.2 Å². The summed E-state index contributed by atoms with van der Waals surface area (Å²) in [5.74, 6) is -0.221. The van der Waals surface area contributed by atoms with E-state index in [4.69, 9.17) is 4.74 Å². The van der Waals surface area contributed by atoms with Crippen LogP contribution in [0, 0.1) is 18.7 Å². The van der Waals surface area contributed by atoms with Crippen molar-refractivity contribution in [2.24, 2.45) is 5.92 Å². The van der Waals surface area contributed by atoms with Gasteiger partial charge < -0.3 is 15.0 Å². The molecule has 2 aromatic carbocycles. The first-order valence-corrected chi connectivity index (χ1v) is 9.61.